The van der Waals surface area contributed by atoms with E-state index in [0.29, 0.717) is 17.5 Å². The van der Waals surface area contributed by atoms with Gasteiger partial charge in [-0.3, -0.25) is 4.79 Å². The summed E-state index contributed by atoms with van der Waals surface area (Å²) >= 11 is 0. The van der Waals surface area contributed by atoms with Crippen LogP contribution in [0.1, 0.15) is 39.4 Å². The third kappa shape index (κ3) is 4.57. The highest BCUT2D eigenvalue weighted by atomic mass is 16.1. The Morgan fingerprint density at radius 1 is 1.44 bits per heavy atom. The Labute approximate surface area is 107 Å². The summed E-state index contributed by atoms with van der Waals surface area (Å²) in [6.07, 6.45) is 1.95. The number of anilines is 2. The second-order valence-electron chi connectivity index (χ2n) is 5.00. The maximum Gasteiger partial charge on any atom is 0.219 e. The number of amides is 1. The fourth-order valence-corrected chi connectivity index (χ4v) is 1.74. The van der Waals surface area contributed by atoms with Crippen molar-refractivity contribution >= 4 is 17.5 Å². The Morgan fingerprint density at radius 2 is 2.11 bits per heavy atom. The van der Waals surface area contributed by atoms with E-state index in [9.17, 15) is 4.79 Å². The smallest absolute Gasteiger partial charge is 0.219 e. The molecule has 0 fully saturated rings. The van der Waals surface area contributed by atoms with E-state index in [1.807, 2.05) is 13.8 Å². The van der Waals surface area contributed by atoms with Gasteiger partial charge in [-0.05, 0) is 20.3 Å². The zero-order chi connectivity index (χ0) is 13.8. The van der Waals surface area contributed by atoms with Gasteiger partial charge in [0, 0.05) is 24.4 Å². The molecule has 0 aliphatic carbocycles. The van der Waals surface area contributed by atoms with E-state index >= 15 is 0 Å². The SMILES string of the molecule is CCCc1nc(N)cc(NC(C)(C)CC(N)=O)n1. The van der Waals surface area contributed by atoms with Crippen LogP contribution in [0.25, 0.3) is 0 Å². The highest BCUT2D eigenvalue weighted by Gasteiger charge is 2.21. The molecule has 1 aromatic rings. The van der Waals surface area contributed by atoms with Crippen LogP contribution in [0, 0.1) is 0 Å². The largest absolute Gasteiger partial charge is 0.384 e. The normalized spacial score (nSPS) is 11.3. The molecule has 0 aromatic carbocycles. The lowest BCUT2D eigenvalue weighted by molar-refractivity contribution is -0.118. The molecule has 0 bridgehead atoms. The highest BCUT2D eigenvalue weighted by molar-refractivity contribution is 5.75. The Morgan fingerprint density at radius 3 is 2.67 bits per heavy atom. The maximum atomic E-state index is 11.0. The van der Waals surface area contributed by atoms with Crippen LogP contribution < -0.4 is 16.8 Å². The Bertz CT molecular complexity index is 430. The van der Waals surface area contributed by atoms with Crippen LogP contribution in [-0.4, -0.2) is 21.4 Å². The van der Waals surface area contributed by atoms with Crippen LogP contribution in [0.5, 0.6) is 0 Å². The number of nitrogens with one attached hydrogen (secondary N) is 1. The van der Waals surface area contributed by atoms with Gasteiger partial charge < -0.3 is 16.8 Å². The van der Waals surface area contributed by atoms with E-state index in [1.165, 1.54) is 0 Å². The monoisotopic (exact) mass is 251 g/mol. The van der Waals surface area contributed by atoms with Crippen molar-refractivity contribution in [3.05, 3.63) is 11.9 Å². The minimum atomic E-state index is -0.462. The van der Waals surface area contributed by atoms with Gasteiger partial charge in [0.15, 0.2) is 0 Å². The molecule has 0 aliphatic rings. The number of nitrogen functional groups attached to an aromatic ring is 1. The quantitative estimate of drug-likeness (QED) is 0.701. The standard InChI is InChI=1S/C12H21N5O/c1-4-5-10-15-8(13)6-11(16-10)17-12(2,3)7-9(14)18/h6H,4-5,7H2,1-3H3,(H2,14,18)(H3,13,15,16,17). The summed E-state index contributed by atoms with van der Waals surface area (Å²) in [6, 6.07) is 1.65. The van der Waals surface area contributed by atoms with E-state index in [1.54, 1.807) is 6.07 Å². The minimum Gasteiger partial charge on any atom is -0.384 e. The Balaban J connectivity index is 2.86. The van der Waals surface area contributed by atoms with Crippen LogP contribution in [0.15, 0.2) is 6.07 Å². The topological polar surface area (TPSA) is 107 Å². The van der Waals surface area contributed by atoms with Gasteiger partial charge in [0.25, 0.3) is 0 Å². The van der Waals surface area contributed by atoms with Gasteiger partial charge in [-0.2, -0.15) is 0 Å². The molecule has 100 valence electrons. The molecule has 0 unspecified atom stereocenters. The third-order valence-corrected chi connectivity index (χ3v) is 2.35. The Hall–Kier alpha value is -1.85. The molecule has 0 saturated carbocycles. The lowest BCUT2D eigenvalue weighted by atomic mass is 10.0. The molecular formula is C12H21N5O. The first-order valence-corrected chi connectivity index (χ1v) is 6.02. The number of nitrogens with two attached hydrogens (primary N) is 2. The summed E-state index contributed by atoms with van der Waals surface area (Å²) in [4.78, 5) is 19.5. The maximum absolute atomic E-state index is 11.0. The van der Waals surface area contributed by atoms with Crippen molar-refractivity contribution in [3.8, 4) is 0 Å². The van der Waals surface area contributed by atoms with E-state index in [2.05, 4.69) is 22.2 Å². The van der Waals surface area contributed by atoms with Gasteiger partial charge in [-0.1, -0.05) is 6.92 Å². The first-order chi connectivity index (χ1) is 8.32. The van der Waals surface area contributed by atoms with Gasteiger partial charge in [0.2, 0.25) is 5.91 Å². The number of carbonyl (C=O) groups is 1. The van der Waals surface area contributed by atoms with Gasteiger partial charge in [-0.25, -0.2) is 9.97 Å². The van der Waals surface area contributed by atoms with Crippen LogP contribution in [0.4, 0.5) is 11.6 Å². The summed E-state index contributed by atoms with van der Waals surface area (Å²) in [5.74, 6) is 1.39. The van der Waals surface area contributed by atoms with Crippen LogP contribution in [0.2, 0.25) is 0 Å². The molecule has 0 atom stereocenters. The van der Waals surface area contributed by atoms with E-state index in [-0.39, 0.29) is 12.3 Å². The average Bonchev–Trinajstić information content (AvgIpc) is 2.12. The molecule has 1 amide bonds. The summed E-state index contributed by atoms with van der Waals surface area (Å²) < 4.78 is 0. The molecule has 5 N–H and O–H groups in total. The highest BCUT2D eigenvalue weighted by Crippen LogP contribution is 2.18. The second-order valence-corrected chi connectivity index (χ2v) is 5.00. The van der Waals surface area contributed by atoms with E-state index in [4.69, 9.17) is 11.5 Å². The number of carbonyl (C=O) groups excluding carboxylic acids is 1. The fraction of sp³-hybridized carbons (Fsp3) is 0.583. The van der Waals surface area contributed by atoms with Crippen molar-refractivity contribution in [2.24, 2.45) is 5.73 Å². The zero-order valence-corrected chi connectivity index (χ0v) is 11.2. The van der Waals surface area contributed by atoms with Crippen LogP contribution in [0.3, 0.4) is 0 Å². The summed E-state index contributed by atoms with van der Waals surface area (Å²) in [5, 5.41) is 3.16. The summed E-state index contributed by atoms with van der Waals surface area (Å²) in [5.41, 5.74) is 10.5. The molecule has 1 aromatic heterocycles. The number of aryl methyl sites for hydroxylation is 1. The van der Waals surface area contributed by atoms with Crippen molar-refractivity contribution in [2.75, 3.05) is 11.1 Å². The van der Waals surface area contributed by atoms with Crippen molar-refractivity contribution in [3.63, 3.8) is 0 Å². The summed E-state index contributed by atoms with van der Waals surface area (Å²) in [6.45, 7) is 5.82. The molecule has 6 nitrogen and oxygen atoms in total. The Kier molecular flexibility index (Phi) is 4.47. The van der Waals surface area contributed by atoms with Gasteiger partial charge in [0.1, 0.15) is 17.5 Å². The molecule has 0 saturated heterocycles. The number of hydrogen-bond acceptors (Lipinski definition) is 5. The van der Waals surface area contributed by atoms with Crippen molar-refractivity contribution in [1.29, 1.82) is 0 Å². The first-order valence-electron chi connectivity index (χ1n) is 6.02. The lowest BCUT2D eigenvalue weighted by Gasteiger charge is -2.25. The summed E-state index contributed by atoms with van der Waals surface area (Å²) in [7, 11) is 0. The van der Waals surface area contributed by atoms with Crippen molar-refractivity contribution in [1.82, 2.24) is 9.97 Å². The predicted molar refractivity (Wildman–Crippen MR) is 72.0 cm³/mol. The van der Waals surface area contributed by atoms with Gasteiger partial charge in [-0.15, -0.1) is 0 Å². The van der Waals surface area contributed by atoms with Crippen molar-refractivity contribution < 1.29 is 4.79 Å². The predicted octanol–water partition coefficient (Wildman–Crippen LogP) is 1.08. The molecule has 1 rings (SSSR count). The lowest BCUT2D eigenvalue weighted by Crippen LogP contribution is -2.36. The van der Waals surface area contributed by atoms with E-state index in [0.717, 1.165) is 12.8 Å². The molecule has 0 radical (unpaired) electrons. The third-order valence-electron chi connectivity index (χ3n) is 2.35. The molecular weight excluding hydrogens is 230 g/mol. The number of hydrogen-bond donors (Lipinski definition) is 3. The zero-order valence-electron chi connectivity index (χ0n) is 11.2. The first kappa shape index (κ1) is 14.2. The minimum absolute atomic E-state index is 0.222. The van der Waals surface area contributed by atoms with Gasteiger partial charge >= 0.3 is 0 Å². The molecule has 0 aliphatic heterocycles. The molecule has 1 heterocycles. The number of nitrogens with zero attached hydrogens (tertiary/aromatic N) is 2. The fourth-order valence-electron chi connectivity index (χ4n) is 1.74. The van der Waals surface area contributed by atoms with Gasteiger partial charge in [0.05, 0.1) is 0 Å². The number of aromatic nitrogens is 2. The number of rotatable bonds is 6. The average molecular weight is 251 g/mol. The van der Waals surface area contributed by atoms with Crippen molar-refractivity contribution in [2.45, 2.75) is 45.6 Å². The molecule has 6 heteroatoms. The van der Waals surface area contributed by atoms with Crippen LogP contribution >= 0.6 is 0 Å². The second kappa shape index (κ2) is 5.66. The molecule has 18 heavy (non-hydrogen) atoms. The van der Waals surface area contributed by atoms with Crippen LogP contribution in [-0.2, 0) is 11.2 Å². The molecule has 0 spiro atoms. The number of primary amides is 1. The van der Waals surface area contributed by atoms with E-state index < -0.39 is 5.54 Å².